The van der Waals surface area contributed by atoms with Crippen LogP contribution in [0.2, 0.25) is 0 Å². The summed E-state index contributed by atoms with van der Waals surface area (Å²) in [7, 11) is 1.60. The highest BCUT2D eigenvalue weighted by molar-refractivity contribution is 6.05. The molecule has 0 atom stereocenters. The van der Waals surface area contributed by atoms with Crippen molar-refractivity contribution in [1.29, 1.82) is 0 Å². The topological polar surface area (TPSA) is 65.4 Å². The van der Waals surface area contributed by atoms with Crippen molar-refractivity contribution in [1.82, 2.24) is 9.78 Å². The Bertz CT molecular complexity index is 1390. The van der Waals surface area contributed by atoms with Crippen LogP contribution in [0.1, 0.15) is 44.0 Å². The number of halogens is 1. The van der Waals surface area contributed by atoms with E-state index in [0.717, 1.165) is 33.7 Å². The van der Waals surface area contributed by atoms with Crippen LogP contribution in [0.25, 0.3) is 0 Å². The quantitative estimate of drug-likeness (QED) is 0.324. The lowest BCUT2D eigenvalue weighted by molar-refractivity contribution is 0.102. The van der Waals surface area contributed by atoms with Crippen molar-refractivity contribution >= 4 is 11.6 Å². The number of carbonyl (C=O) groups excluding carboxylic acids is 1. The molecule has 0 aliphatic heterocycles. The van der Waals surface area contributed by atoms with Gasteiger partial charge in [-0.15, -0.1) is 0 Å². The van der Waals surface area contributed by atoms with E-state index in [0.29, 0.717) is 29.2 Å². The number of nitrogens with one attached hydrogen (secondary N) is 1. The maximum absolute atomic E-state index is 13.2. The molecule has 0 bridgehead atoms. The van der Waals surface area contributed by atoms with Gasteiger partial charge in [-0.1, -0.05) is 24.3 Å². The second-order valence-electron chi connectivity index (χ2n) is 8.87. The molecule has 0 unspecified atom stereocenters. The molecule has 0 fully saturated rings. The normalized spacial score (nSPS) is 10.8. The second kappa shape index (κ2) is 10.6. The predicted molar refractivity (Wildman–Crippen MR) is 138 cm³/mol. The number of anilines is 1. The van der Waals surface area contributed by atoms with Crippen LogP contribution in [0.15, 0.2) is 60.7 Å². The van der Waals surface area contributed by atoms with Crippen LogP contribution in [0.4, 0.5) is 10.1 Å². The summed E-state index contributed by atoms with van der Waals surface area (Å²) in [5.41, 5.74) is 6.51. The average molecular weight is 488 g/mol. The van der Waals surface area contributed by atoms with Gasteiger partial charge in [0.15, 0.2) is 0 Å². The van der Waals surface area contributed by atoms with E-state index in [1.54, 1.807) is 42.1 Å². The Hall–Kier alpha value is -4.13. The Kier molecular flexibility index (Phi) is 7.38. The van der Waals surface area contributed by atoms with E-state index in [2.05, 4.69) is 10.4 Å². The van der Waals surface area contributed by atoms with Gasteiger partial charge >= 0.3 is 0 Å². The number of methoxy groups -OCH3 is 1. The molecule has 0 saturated heterocycles. The average Bonchev–Trinajstić information content (AvgIpc) is 3.12. The number of ether oxygens (including phenoxy) is 2. The zero-order valence-electron chi connectivity index (χ0n) is 21.2. The Labute approximate surface area is 210 Å². The van der Waals surface area contributed by atoms with Gasteiger partial charge in [-0.2, -0.15) is 5.10 Å². The lowest BCUT2D eigenvalue weighted by atomic mass is 10.1. The summed E-state index contributed by atoms with van der Waals surface area (Å²) in [5, 5.41) is 7.57. The molecule has 0 radical (unpaired) electrons. The molecule has 7 heteroatoms. The molecular weight excluding hydrogens is 457 g/mol. The summed E-state index contributed by atoms with van der Waals surface area (Å²) in [4.78, 5) is 13.2. The maximum atomic E-state index is 13.2. The molecule has 4 aromatic rings. The molecule has 1 aromatic heterocycles. The summed E-state index contributed by atoms with van der Waals surface area (Å²) in [5.74, 6) is 0.916. The van der Waals surface area contributed by atoms with Gasteiger partial charge in [0.25, 0.3) is 5.91 Å². The molecule has 1 amide bonds. The van der Waals surface area contributed by atoms with Crippen LogP contribution < -0.4 is 14.8 Å². The van der Waals surface area contributed by atoms with E-state index in [1.807, 2.05) is 45.9 Å². The van der Waals surface area contributed by atoms with Crippen molar-refractivity contribution in [3.8, 4) is 11.5 Å². The van der Waals surface area contributed by atoms with Crippen LogP contribution in [-0.2, 0) is 13.2 Å². The molecule has 36 heavy (non-hydrogen) atoms. The number of benzene rings is 3. The van der Waals surface area contributed by atoms with Gasteiger partial charge in [0.1, 0.15) is 23.9 Å². The first-order valence-corrected chi connectivity index (χ1v) is 11.7. The Morgan fingerprint density at radius 1 is 0.972 bits per heavy atom. The van der Waals surface area contributed by atoms with Crippen LogP contribution in [0.5, 0.6) is 11.5 Å². The summed E-state index contributed by atoms with van der Waals surface area (Å²) in [6.45, 7) is 8.51. The van der Waals surface area contributed by atoms with E-state index in [9.17, 15) is 9.18 Å². The fourth-order valence-corrected chi connectivity index (χ4v) is 4.03. The maximum Gasteiger partial charge on any atom is 0.255 e. The monoisotopic (exact) mass is 487 g/mol. The molecule has 0 aliphatic rings. The number of aromatic nitrogens is 2. The molecule has 3 aromatic carbocycles. The summed E-state index contributed by atoms with van der Waals surface area (Å²) < 4.78 is 26.6. The number of nitrogens with zero attached hydrogens (tertiary/aromatic N) is 2. The number of hydrogen-bond donors (Lipinski definition) is 1. The molecular formula is C29H30FN3O3. The fourth-order valence-electron chi connectivity index (χ4n) is 4.03. The Morgan fingerprint density at radius 3 is 2.44 bits per heavy atom. The third kappa shape index (κ3) is 5.57. The highest BCUT2D eigenvalue weighted by atomic mass is 19.1. The van der Waals surface area contributed by atoms with Crippen LogP contribution in [0.3, 0.4) is 0 Å². The van der Waals surface area contributed by atoms with Gasteiger partial charge in [0.2, 0.25) is 0 Å². The Balaban J connectivity index is 1.52. The Morgan fingerprint density at radius 2 is 1.72 bits per heavy atom. The molecule has 0 aliphatic carbocycles. The summed E-state index contributed by atoms with van der Waals surface area (Å²) >= 11 is 0. The van der Waals surface area contributed by atoms with E-state index < -0.39 is 0 Å². The van der Waals surface area contributed by atoms with Crippen molar-refractivity contribution in [2.24, 2.45) is 0 Å². The first-order chi connectivity index (χ1) is 17.2. The lowest BCUT2D eigenvalue weighted by Crippen LogP contribution is -2.14. The number of carbonyl (C=O) groups is 1. The number of amides is 1. The third-order valence-electron chi connectivity index (χ3n) is 6.14. The minimum absolute atomic E-state index is 0.252. The summed E-state index contributed by atoms with van der Waals surface area (Å²) in [6.07, 6.45) is 0. The van der Waals surface area contributed by atoms with Gasteiger partial charge in [-0.05, 0) is 80.8 Å². The smallest absolute Gasteiger partial charge is 0.255 e. The van der Waals surface area contributed by atoms with Gasteiger partial charge in [0, 0.05) is 11.1 Å². The van der Waals surface area contributed by atoms with E-state index in [1.165, 1.54) is 12.1 Å². The summed E-state index contributed by atoms with van der Waals surface area (Å²) in [6, 6.07) is 17.6. The largest absolute Gasteiger partial charge is 0.496 e. The number of aryl methyl sites for hydroxylation is 3. The first kappa shape index (κ1) is 25.0. The van der Waals surface area contributed by atoms with Crippen molar-refractivity contribution in [2.75, 3.05) is 12.4 Å². The molecule has 1 heterocycles. The van der Waals surface area contributed by atoms with E-state index in [4.69, 9.17) is 9.47 Å². The number of hydrogen-bond acceptors (Lipinski definition) is 4. The third-order valence-corrected chi connectivity index (χ3v) is 6.14. The highest BCUT2D eigenvalue weighted by Crippen LogP contribution is 2.26. The second-order valence-corrected chi connectivity index (χ2v) is 8.87. The van der Waals surface area contributed by atoms with Crippen LogP contribution in [-0.4, -0.2) is 22.8 Å². The molecule has 186 valence electrons. The first-order valence-electron chi connectivity index (χ1n) is 11.7. The van der Waals surface area contributed by atoms with Gasteiger partial charge < -0.3 is 14.8 Å². The van der Waals surface area contributed by atoms with Gasteiger partial charge in [-0.25, -0.2) is 4.39 Å². The SMILES string of the molecule is COc1ccc(C(=O)Nc2c(C)nn(Cc3ccc(F)cc3)c2C)cc1COc1cc(C)ccc1C. The molecule has 0 saturated carbocycles. The van der Waals surface area contributed by atoms with E-state index >= 15 is 0 Å². The minimum Gasteiger partial charge on any atom is -0.496 e. The zero-order chi connectivity index (χ0) is 25.8. The molecule has 1 N–H and O–H groups in total. The zero-order valence-corrected chi connectivity index (χ0v) is 21.2. The lowest BCUT2D eigenvalue weighted by Gasteiger charge is -2.14. The van der Waals surface area contributed by atoms with Crippen molar-refractivity contribution in [2.45, 2.75) is 40.8 Å². The van der Waals surface area contributed by atoms with Crippen molar-refractivity contribution in [3.63, 3.8) is 0 Å². The van der Waals surface area contributed by atoms with Crippen LogP contribution >= 0.6 is 0 Å². The van der Waals surface area contributed by atoms with Gasteiger partial charge in [0.05, 0.1) is 30.7 Å². The van der Waals surface area contributed by atoms with Crippen molar-refractivity contribution in [3.05, 3.63) is 106 Å². The predicted octanol–water partition coefficient (Wildman–Crippen LogP) is 6.14. The molecule has 6 nitrogen and oxygen atoms in total. The standard InChI is InChI=1S/C29H30FN3O3/c1-18-6-7-19(2)27(14-18)36-17-24-15-23(10-13-26(24)35-5)29(34)31-28-20(3)32-33(21(28)4)16-22-8-11-25(30)12-9-22/h6-15H,16-17H2,1-5H3,(H,31,34). The number of rotatable bonds is 8. The van der Waals surface area contributed by atoms with E-state index in [-0.39, 0.29) is 18.3 Å². The fraction of sp³-hybridized carbons (Fsp3) is 0.241. The highest BCUT2D eigenvalue weighted by Gasteiger charge is 2.17. The molecule has 4 rings (SSSR count). The molecule has 0 spiro atoms. The van der Waals surface area contributed by atoms with Crippen molar-refractivity contribution < 1.29 is 18.7 Å². The minimum atomic E-state index is -0.279. The van der Waals surface area contributed by atoms with Gasteiger partial charge in [-0.3, -0.25) is 9.48 Å². The van der Waals surface area contributed by atoms with Crippen LogP contribution in [0, 0.1) is 33.5 Å².